The molecule has 3 rings (SSSR count). The first kappa shape index (κ1) is 23.8. The molecule has 8 heteroatoms. The van der Waals surface area contributed by atoms with Crippen molar-refractivity contribution in [2.75, 3.05) is 19.0 Å². The minimum atomic E-state index is -0.332. The summed E-state index contributed by atoms with van der Waals surface area (Å²) in [4.78, 5) is 24.4. The summed E-state index contributed by atoms with van der Waals surface area (Å²) in [5.74, 6) is -0.0960. The van der Waals surface area contributed by atoms with Crippen LogP contribution in [-0.2, 0) is 4.79 Å². The first-order valence-electron chi connectivity index (χ1n) is 10.1. The van der Waals surface area contributed by atoms with Crippen LogP contribution in [-0.4, -0.2) is 31.7 Å². The number of hydrazone groups is 1. The Kier molecular flexibility index (Phi) is 8.05. The second kappa shape index (κ2) is 11.2. The van der Waals surface area contributed by atoms with Gasteiger partial charge in [-0.3, -0.25) is 9.59 Å². The van der Waals surface area contributed by atoms with Gasteiger partial charge in [0.05, 0.1) is 18.3 Å². The van der Waals surface area contributed by atoms with Gasteiger partial charge in [0.25, 0.3) is 11.8 Å². The van der Waals surface area contributed by atoms with Crippen molar-refractivity contribution >= 4 is 35.3 Å². The Morgan fingerprint density at radius 3 is 2.27 bits per heavy atom. The Morgan fingerprint density at radius 1 is 1.00 bits per heavy atom. The zero-order valence-corrected chi connectivity index (χ0v) is 19.3. The van der Waals surface area contributed by atoms with E-state index in [-0.39, 0.29) is 29.2 Å². The van der Waals surface area contributed by atoms with Crippen LogP contribution in [0.4, 0.5) is 5.69 Å². The highest BCUT2D eigenvalue weighted by molar-refractivity contribution is 6.32. The highest BCUT2D eigenvalue weighted by Crippen LogP contribution is 2.36. The van der Waals surface area contributed by atoms with Gasteiger partial charge in [0.2, 0.25) is 0 Å². The molecule has 0 aliphatic heterocycles. The molecule has 0 aliphatic rings. The molecule has 0 aliphatic carbocycles. The molecule has 0 fully saturated rings. The van der Waals surface area contributed by atoms with Crippen LogP contribution in [0.25, 0.3) is 0 Å². The number of ether oxygens (including phenoxy) is 2. The van der Waals surface area contributed by atoms with E-state index in [1.165, 1.54) is 13.3 Å². The smallest absolute Gasteiger partial charge is 0.271 e. The largest absolute Gasteiger partial charge is 0.493 e. The van der Waals surface area contributed by atoms with Crippen LogP contribution in [0, 0.1) is 13.8 Å². The summed E-state index contributed by atoms with van der Waals surface area (Å²) in [5.41, 5.74) is 6.38. The minimum Gasteiger partial charge on any atom is -0.493 e. The fourth-order valence-electron chi connectivity index (χ4n) is 2.86. The van der Waals surface area contributed by atoms with Gasteiger partial charge in [-0.1, -0.05) is 47.0 Å². The number of hydrogen-bond acceptors (Lipinski definition) is 5. The number of benzene rings is 3. The molecule has 33 heavy (non-hydrogen) atoms. The van der Waals surface area contributed by atoms with Crippen LogP contribution in [0.5, 0.6) is 11.5 Å². The van der Waals surface area contributed by atoms with E-state index in [1.807, 2.05) is 50.2 Å². The number of aryl methyl sites for hydroxylation is 2. The van der Waals surface area contributed by atoms with Crippen molar-refractivity contribution in [3.8, 4) is 11.5 Å². The molecular weight excluding hydrogens is 442 g/mol. The number of carbonyl (C=O) groups excluding carboxylic acids is 2. The van der Waals surface area contributed by atoms with Crippen LogP contribution < -0.4 is 20.2 Å². The maximum Gasteiger partial charge on any atom is 0.271 e. The molecule has 3 aromatic rings. The monoisotopic (exact) mass is 465 g/mol. The molecule has 0 atom stereocenters. The average Bonchev–Trinajstić information content (AvgIpc) is 2.80. The molecule has 0 spiro atoms. The van der Waals surface area contributed by atoms with Crippen molar-refractivity contribution in [2.24, 2.45) is 5.10 Å². The summed E-state index contributed by atoms with van der Waals surface area (Å²) in [7, 11) is 1.46. The number of carbonyl (C=O) groups is 2. The Hall–Kier alpha value is -3.84. The predicted octanol–water partition coefficient (Wildman–Crippen LogP) is 4.75. The zero-order chi connectivity index (χ0) is 23.8. The van der Waals surface area contributed by atoms with Gasteiger partial charge in [-0.15, -0.1) is 0 Å². The molecule has 2 N–H and O–H groups in total. The number of nitrogens with one attached hydrogen (secondary N) is 2. The first-order chi connectivity index (χ1) is 15.9. The molecular formula is C25H24ClN3O4. The topological polar surface area (TPSA) is 89.0 Å². The third-order valence-corrected chi connectivity index (χ3v) is 4.91. The molecule has 0 aromatic heterocycles. The average molecular weight is 466 g/mol. The van der Waals surface area contributed by atoms with Crippen molar-refractivity contribution in [3.63, 3.8) is 0 Å². The third-order valence-electron chi connectivity index (χ3n) is 4.63. The fourth-order valence-corrected chi connectivity index (χ4v) is 3.13. The Morgan fingerprint density at radius 2 is 1.64 bits per heavy atom. The number of hydrogen-bond donors (Lipinski definition) is 2. The minimum absolute atomic E-state index is 0.235. The zero-order valence-electron chi connectivity index (χ0n) is 18.5. The van der Waals surface area contributed by atoms with Gasteiger partial charge >= 0.3 is 0 Å². The van der Waals surface area contributed by atoms with Crippen molar-refractivity contribution in [1.29, 1.82) is 0 Å². The van der Waals surface area contributed by atoms with E-state index in [9.17, 15) is 9.59 Å². The Balaban J connectivity index is 1.62. The van der Waals surface area contributed by atoms with Gasteiger partial charge in [0.15, 0.2) is 18.1 Å². The third kappa shape index (κ3) is 6.82. The lowest BCUT2D eigenvalue weighted by atomic mass is 10.1. The van der Waals surface area contributed by atoms with Gasteiger partial charge in [-0.25, -0.2) is 5.43 Å². The molecule has 0 heterocycles. The molecule has 0 radical (unpaired) electrons. The lowest BCUT2D eigenvalue weighted by Gasteiger charge is -2.13. The van der Waals surface area contributed by atoms with Gasteiger partial charge in [-0.05, 0) is 55.8 Å². The van der Waals surface area contributed by atoms with E-state index in [0.717, 1.165) is 11.1 Å². The second-order valence-corrected chi connectivity index (χ2v) is 7.71. The standard InChI is InChI=1S/C25H24ClN3O4/c1-16-4-8-19(9-5-16)25(31)29-27-14-18-12-21(26)24(22(13-18)32-3)33-15-23(30)28-20-10-6-17(2)7-11-20/h4-14H,15H2,1-3H3,(H,28,30)(H,29,31)/b27-14+. The quantitative estimate of drug-likeness (QED) is 0.371. The molecule has 2 amide bonds. The summed E-state index contributed by atoms with van der Waals surface area (Å²) < 4.78 is 10.9. The number of rotatable bonds is 8. The molecule has 0 saturated heterocycles. The fraction of sp³-hybridized carbons (Fsp3) is 0.160. The maximum atomic E-state index is 12.2. The molecule has 7 nitrogen and oxygen atoms in total. The Bertz CT molecular complexity index is 1160. The molecule has 0 bridgehead atoms. The van der Waals surface area contributed by atoms with Crippen LogP contribution in [0.2, 0.25) is 5.02 Å². The number of halogens is 1. The maximum absolute atomic E-state index is 12.2. The van der Waals surface area contributed by atoms with Crippen LogP contribution in [0.3, 0.4) is 0 Å². The molecule has 0 saturated carbocycles. The van der Waals surface area contributed by atoms with Crippen molar-refractivity contribution < 1.29 is 19.1 Å². The van der Waals surface area contributed by atoms with E-state index < -0.39 is 0 Å². The second-order valence-electron chi connectivity index (χ2n) is 7.30. The SMILES string of the molecule is COc1cc(/C=N/NC(=O)c2ccc(C)cc2)cc(Cl)c1OCC(=O)Nc1ccc(C)cc1. The van der Waals surface area contributed by atoms with Crippen LogP contribution >= 0.6 is 11.6 Å². The van der Waals surface area contributed by atoms with Crippen LogP contribution in [0.15, 0.2) is 65.8 Å². The van der Waals surface area contributed by atoms with Gasteiger partial charge in [-0.2, -0.15) is 5.10 Å². The summed E-state index contributed by atoms with van der Waals surface area (Å²) in [6.07, 6.45) is 1.44. The Labute approximate surface area is 197 Å². The highest BCUT2D eigenvalue weighted by atomic mass is 35.5. The summed E-state index contributed by atoms with van der Waals surface area (Å²) in [6, 6.07) is 17.8. The molecule has 170 valence electrons. The van der Waals surface area contributed by atoms with Gasteiger partial charge in [0, 0.05) is 11.3 Å². The number of anilines is 1. The molecule has 0 unspecified atom stereocenters. The van der Waals surface area contributed by atoms with Crippen molar-refractivity contribution in [1.82, 2.24) is 5.43 Å². The number of amides is 2. The van der Waals surface area contributed by atoms with Gasteiger partial charge < -0.3 is 14.8 Å². The lowest BCUT2D eigenvalue weighted by molar-refractivity contribution is -0.118. The van der Waals surface area contributed by atoms with E-state index in [0.29, 0.717) is 22.6 Å². The van der Waals surface area contributed by atoms with Crippen LogP contribution in [0.1, 0.15) is 27.0 Å². The summed E-state index contributed by atoms with van der Waals surface area (Å²) in [6.45, 7) is 3.67. The number of nitrogens with zero attached hydrogens (tertiary/aromatic N) is 1. The van der Waals surface area contributed by atoms with Crippen molar-refractivity contribution in [2.45, 2.75) is 13.8 Å². The lowest BCUT2D eigenvalue weighted by Crippen LogP contribution is -2.20. The van der Waals surface area contributed by atoms with E-state index >= 15 is 0 Å². The first-order valence-corrected chi connectivity index (χ1v) is 10.5. The van der Waals surface area contributed by atoms with E-state index in [1.54, 1.807) is 24.3 Å². The van der Waals surface area contributed by atoms with E-state index in [4.69, 9.17) is 21.1 Å². The summed E-state index contributed by atoms with van der Waals surface area (Å²) >= 11 is 6.34. The molecule has 3 aromatic carbocycles. The van der Waals surface area contributed by atoms with Gasteiger partial charge in [0.1, 0.15) is 0 Å². The summed E-state index contributed by atoms with van der Waals surface area (Å²) in [5, 5.41) is 6.96. The normalized spacial score (nSPS) is 10.7. The number of methoxy groups -OCH3 is 1. The van der Waals surface area contributed by atoms with Crippen molar-refractivity contribution in [3.05, 3.63) is 87.9 Å². The van der Waals surface area contributed by atoms with E-state index in [2.05, 4.69) is 15.8 Å². The highest BCUT2D eigenvalue weighted by Gasteiger charge is 2.14. The predicted molar refractivity (Wildman–Crippen MR) is 130 cm³/mol.